The smallest absolute Gasteiger partial charge is 0.244 e. The van der Waals surface area contributed by atoms with Crippen molar-refractivity contribution in [3.63, 3.8) is 0 Å². The number of sulfonamides is 1. The van der Waals surface area contributed by atoms with Crippen molar-refractivity contribution in [2.75, 3.05) is 13.7 Å². The van der Waals surface area contributed by atoms with Crippen molar-refractivity contribution in [2.45, 2.75) is 37.8 Å². The Morgan fingerprint density at radius 1 is 1.17 bits per heavy atom. The van der Waals surface area contributed by atoms with Gasteiger partial charge in [0.05, 0.1) is 12.0 Å². The SMILES string of the molecule is C=C1CCN([C@@H](C(=O)NCc2ccc(OC)cc2)C(C)C)S(=O)(=O)c2ccccc21. The number of ether oxygens (including phenoxy) is 1. The Morgan fingerprint density at radius 2 is 1.83 bits per heavy atom. The molecule has 0 unspecified atom stereocenters. The van der Waals surface area contributed by atoms with Crippen LogP contribution in [0.5, 0.6) is 5.75 Å². The lowest BCUT2D eigenvalue weighted by Gasteiger charge is -2.31. The van der Waals surface area contributed by atoms with Crippen molar-refractivity contribution in [2.24, 2.45) is 5.92 Å². The van der Waals surface area contributed by atoms with E-state index in [4.69, 9.17) is 4.74 Å². The molecule has 0 aliphatic carbocycles. The van der Waals surface area contributed by atoms with Gasteiger partial charge < -0.3 is 10.1 Å². The zero-order valence-electron chi connectivity index (χ0n) is 17.6. The van der Waals surface area contributed by atoms with Crippen molar-refractivity contribution < 1.29 is 17.9 Å². The first-order valence-corrected chi connectivity index (χ1v) is 11.4. The van der Waals surface area contributed by atoms with E-state index in [0.717, 1.165) is 16.9 Å². The Balaban J connectivity index is 1.86. The minimum Gasteiger partial charge on any atom is -0.497 e. The summed E-state index contributed by atoms with van der Waals surface area (Å²) in [5, 5.41) is 2.90. The molecule has 1 aliphatic rings. The quantitative estimate of drug-likeness (QED) is 0.765. The second-order valence-corrected chi connectivity index (χ2v) is 9.58. The molecule has 6 nitrogen and oxygen atoms in total. The number of benzene rings is 2. The molecule has 0 aromatic heterocycles. The number of methoxy groups -OCH3 is 1. The van der Waals surface area contributed by atoms with Gasteiger partial charge in [-0.3, -0.25) is 4.79 Å². The fourth-order valence-electron chi connectivity index (χ4n) is 3.70. The molecule has 0 bridgehead atoms. The summed E-state index contributed by atoms with van der Waals surface area (Å²) in [6.45, 7) is 8.30. The standard InChI is InChI=1S/C23H28N2O4S/c1-16(2)22(23(26)24-15-18-9-11-19(29-4)12-10-18)25-14-13-17(3)20-7-5-6-8-21(20)30(25,27)28/h5-12,16,22H,3,13-15H2,1-2,4H3,(H,24,26)/t22-/m1/s1. The van der Waals surface area contributed by atoms with Gasteiger partial charge in [0.2, 0.25) is 15.9 Å². The molecular formula is C23H28N2O4S. The molecule has 1 N–H and O–H groups in total. The minimum absolute atomic E-state index is 0.200. The van der Waals surface area contributed by atoms with Gasteiger partial charge in [0, 0.05) is 13.1 Å². The third-order valence-corrected chi connectivity index (χ3v) is 7.26. The van der Waals surface area contributed by atoms with Gasteiger partial charge in [-0.05, 0) is 47.2 Å². The van der Waals surface area contributed by atoms with Crippen molar-refractivity contribution in [1.29, 1.82) is 0 Å². The second-order valence-electron chi connectivity index (χ2n) is 7.72. The molecular weight excluding hydrogens is 400 g/mol. The van der Waals surface area contributed by atoms with Gasteiger partial charge in [-0.2, -0.15) is 4.31 Å². The van der Waals surface area contributed by atoms with Crippen LogP contribution in [0.15, 0.2) is 60.0 Å². The highest BCUT2D eigenvalue weighted by Crippen LogP contribution is 2.33. The van der Waals surface area contributed by atoms with Crippen LogP contribution in [0.25, 0.3) is 5.57 Å². The predicted molar refractivity (Wildman–Crippen MR) is 117 cm³/mol. The van der Waals surface area contributed by atoms with E-state index in [0.29, 0.717) is 18.5 Å². The van der Waals surface area contributed by atoms with Crippen LogP contribution in [-0.2, 0) is 21.4 Å². The maximum absolute atomic E-state index is 13.5. The molecule has 2 aromatic carbocycles. The van der Waals surface area contributed by atoms with Gasteiger partial charge in [-0.15, -0.1) is 0 Å². The van der Waals surface area contributed by atoms with Crippen LogP contribution < -0.4 is 10.1 Å². The van der Waals surface area contributed by atoms with Gasteiger partial charge in [-0.1, -0.05) is 50.8 Å². The van der Waals surface area contributed by atoms with E-state index in [1.807, 2.05) is 38.1 Å². The molecule has 0 spiro atoms. The molecule has 1 aliphatic heterocycles. The highest BCUT2D eigenvalue weighted by Gasteiger charge is 2.40. The summed E-state index contributed by atoms with van der Waals surface area (Å²) in [6.07, 6.45) is 0.477. The van der Waals surface area contributed by atoms with E-state index in [-0.39, 0.29) is 23.3 Å². The molecule has 1 atom stereocenters. The number of fused-ring (bicyclic) bond motifs is 1. The van der Waals surface area contributed by atoms with Crippen LogP contribution in [0, 0.1) is 5.92 Å². The first kappa shape index (κ1) is 22.1. The Bertz CT molecular complexity index is 1030. The van der Waals surface area contributed by atoms with Gasteiger partial charge in [-0.25, -0.2) is 8.42 Å². The second kappa shape index (κ2) is 9.02. The number of nitrogens with one attached hydrogen (secondary N) is 1. The van der Waals surface area contributed by atoms with Gasteiger partial charge >= 0.3 is 0 Å². The Labute approximate surface area is 178 Å². The topological polar surface area (TPSA) is 75.7 Å². The molecule has 1 amide bonds. The van der Waals surface area contributed by atoms with E-state index in [1.54, 1.807) is 31.4 Å². The average molecular weight is 429 g/mol. The normalized spacial score (nSPS) is 17.1. The maximum Gasteiger partial charge on any atom is 0.244 e. The molecule has 7 heteroatoms. The largest absolute Gasteiger partial charge is 0.497 e. The third-order valence-electron chi connectivity index (χ3n) is 5.32. The summed E-state index contributed by atoms with van der Waals surface area (Å²) in [5.74, 6) is 0.225. The van der Waals surface area contributed by atoms with E-state index in [2.05, 4.69) is 11.9 Å². The van der Waals surface area contributed by atoms with E-state index in [1.165, 1.54) is 4.31 Å². The van der Waals surface area contributed by atoms with Crippen molar-refractivity contribution in [3.8, 4) is 5.75 Å². The van der Waals surface area contributed by atoms with Gasteiger partial charge in [0.25, 0.3) is 0 Å². The van der Waals surface area contributed by atoms with Gasteiger partial charge in [0.1, 0.15) is 11.8 Å². The van der Waals surface area contributed by atoms with Crippen LogP contribution in [0.4, 0.5) is 0 Å². The van der Waals surface area contributed by atoms with Crippen LogP contribution in [0.1, 0.15) is 31.4 Å². The number of hydrogen-bond donors (Lipinski definition) is 1. The molecule has 3 rings (SSSR count). The molecule has 30 heavy (non-hydrogen) atoms. The molecule has 0 saturated heterocycles. The fourth-order valence-corrected chi connectivity index (χ4v) is 5.67. The Morgan fingerprint density at radius 3 is 2.47 bits per heavy atom. The molecule has 1 heterocycles. The van der Waals surface area contributed by atoms with Crippen LogP contribution in [0.2, 0.25) is 0 Å². The number of nitrogens with zero attached hydrogens (tertiary/aromatic N) is 1. The molecule has 0 radical (unpaired) electrons. The lowest BCUT2D eigenvalue weighted by atomic mass is 10.0. The molecule has 0 fully saturated rings. The summed E-state index contributed by atoms with van der Waals surface area (Å²) in [7, 11) is -2.24. The number of carbonyl (C=O) groups is 1. The average Bonchev–Trinajstić information content (AvgIpc) is 2.83. The third kappa shape index (κ3) is 4.42. The van der Waals surface area contributed by atoms with Crippen molar-refractivity contribution in [1.82, 2.24) is 9.62 Å². The van der Waals surface area contributed by atoms with E-state index in [9.17, 15) is 13.2 Å². The maximum atomic E-state index is 13.5. The fraction of sp³-hybridized carbons (Fsp3) is 0.348. The number of rotatable bonds is 6. The highest BCUT2D eigenvalue weighted by atomic mass is 32.2. The summed E-state index contributed by atoms with van der Waals surface area (Å²) in [4.78, 5) is 13.3. The predicted octanol–water partition coefficient (Wildman–Crippen LogP) is 3.44. The molecule has 0 saturated carbocycles. The summed E-state index contributed by atoms with van der Waals surface area (Å²) >= 11 is 0. The van der Waals surface area contributed by atoms with Crippen molar-refractivity contribution in [3.05, 3.63) is 66.2 Å². The highest BCUT2D eigenvalue weighted by molar-refractivity contribution is 7.89. The number of hydrogen-bond acceptors (Lipinski definition) is 4. The van der Waals surface area contributed by atoms with Crippen LogP contribution in [-0.4, -0.2) is 38.3 Å². The number of amides is 1. The summed E-state index contributed by atoms with van der Waals surface area (Å²) in [5.41, 5.74) is 2.29. The van der Waals surface area contributed by atoms with Crippen LogP contribution in [0.3, 0.4) is 0 Å². The van der Waals surface area contributed by atoms with Crippen molar-refractivity contribution >= 4 is 21.5 Å². The van der Waals surface area contributed by atoms with E-state index >= 15 is 0 Å². The zero-order valence-corrected chi connectivity index (χ0v) is 18.4. The first-order valence-electron chi connectivity index (χ1n) is 9.95. The minimum atomic E-state index is -3.84. The lowest BCUT2D eigenvalue weighted by molar-refractivity contribution is -0.126. The first-order chi connectivity index (χ1) is 14.3. The number of carbonyl (C=O) groups excluding carboxylic acids is 1. The van der Waals surface area contributed by atoms with Crippen LogP contribution >= 0.6 is 0 Å². The molecule has 160 valence electrons. The Hall–Kier alpha value is -2.64. The zero-order chi connectivity index (χ0) is 21.9. The summed E-state index contributed by atoms with van der Waals surface area (Å²) < 4.78 is 33.4. The van der Waals surface area contributed by atoms with E-state index < -0.39 is 16.1 Å². The lowest BCUT2D eigenvalue weighted by Crippen LogP contribution is -2.52. The molecule has 2 aromatic rings. The Kier molecular flexibility index (Phi) is 6.63. The summed E-state index contributed by atoms with van der Waals surface area (Å²) in [6, 6.07) is 13.4. The monoisotopic (exact) mass is 428 g/mol. The van der Waals surface area contributed by atoms with Gasteiger partial charge in [0.15, 0.2) is 0 Å².